The Balaban J connectivity index is 1.95. The Morgan fingerprint density at radius 3 is 2.60 bits per heavy atom. The Morgan fingerprint density at radius 2 is 1.90 bits per heavy atom. The minimum Gasteiger partial charge on any atom is -0.316 e. The van der Waals surface area contributed by atoms with Crippen LogP contribution < -0.4 is 5.32 Å². The molecule has 1 aliphatic heterocycles. The van der Waals surface area contributed by atoms with E-state index in [1.54, 1.807) is 0 Å². The van der Waals surface area contributed by atoms with Crippen LogP contribution in [-0.4, -0.2) is 62.7 Å². The van der Waals surface area contributed by atoms with Crippen LogP contribution in [-0.2, 0) is 0 Å². The van der Waals surface area contributed by atoms with Gasteiger partial charge in [0.1, 0.15) is 0 Å². The molecule has 0 bridgehead atoms. The molecule has 1 N–H and O–H groups in total. The van der Waals surface area contributed by atoms with Gasteiger partial charge in [0.15, 0.2) is 0 Å². The van der Waals surface area contributed by atoms with Crippen LogP contribution in [0.2, 0.25) is 0 Å². The molecule has 120 valence electrons. The molecule has 0 amide bonds. The Kier molecular flexibility index (Phi) is 9.49. The quantitative estimate of drug-likeness (QED) is 0.588. The van der Waals surface area contributed by atoms with Gasteiger partial charge < -0.3 is 10.2 Å². The van der Waals surface area contributed by atoms with Crippen LogP contribution in [0.4, 0.5) is 0 Å². The molecular formula is C17H37N3. The van der Waals surface area contributed by atoms with Gasteiger partial charge in [-0.3, -0.25) is 4.90 Å². The zero-order chi connectivity index (χ0) is 14.8. The smallest absolute Gasteiger partial charge is 0.0223 e. The van der Waals surface area contributed by atoms with E-state index in [9.17, 15) is 0 Å². The van der Waals surface area contributed by atoms with Gasteiger partial charge in [-0.25, -0.2) is 0 Å². The van der Waals surface area contributed by atoms with Gasteiger partial charge in [-0.2, -0.15) is 0 Å². The topological polar surface area (TPSA) is 18.5 Å². The summed E-state index contributed by atoms with van der Waals surface area (Å²) in [5, 5.41) is 3.53. The normalized spacial score (nSPS) is 20.4. The van der Waals surface area contributed by atoms with Crippen LogP contribution in [0.3, 0.4) is 0 Å². The predicted molar refractivity (Wildman–Crippen MR) is 89.3 cm³/mol. The predicted octanol–water partition coefficient (Wildman–Crippen LogP) is 2.82. The Hall–Kier alpha value is -0.120. The maximum absolute atomic E-state index is 3.53. The summed E-state index contributed by atoms with van der Waals surface area (Å²) in [5.74, 6) is 0.777. The first kappa shape index (κ1) is 17.9. The molecule has 0 aromatic rings. The lowest BCUT2D eigenvalue weighted by Crippen LogP contribution is -2.38. The third-order valence-corrected chi connectivity index (χ3v) is 4.18. The van der Waals surface area contributed by atoms with Crippen LogP contribution in [0.1, 0.15) is 52.4 Å². The second-order valence-corrected chi connectivity index (χ2v) is 7.11. The fourth-order valence-electron chi connectivity index (χ4n) is 3.13. The van der Waals surface area contributed by atoms with E-state index in [2.05, 4.69) is 43.1 Å². The maximum Gasteiger partial charge on any atom is 0.0223 e. The highest BCUT2D eigenvalue weighted by atomic mass is 15.2. The molecule has 1 atom stereocenters. The number of unbranched alkanes of at least 4 members (excludes halogenated alkanes) is 3. The number of nitrogens with zero attached hydrogens (tertiary/aromatic N) is 2. The monoisotopic (exact) mass is 283 g/mol. The first-order chi connectivity index (χ1) is 9.59. The van der Waals surface area contributed by atoms with Crippen molar-refractivity contribution in [3.8, 4) is 0 Å². The van der Waals surface area contributed by atoms with E-state index in [4.69, 9.17) is 0 Å². The summed E-state index contributed by atoms with van der Waals surface area (Å²) in [6.07, 6.45) is 8.31. The van der Waals surface area contributed by atoms with E-state index in [-0.39, 0.29) is 0 Å². The molecule has 0 aromatic heterocycles. The highest BCUT2D eigenvalue weighted by Crippen LogP contribution is 2.18. The van der Waals surface area contributed by atoms with E-state index in [1.807, 2.05) is 0 Å². The summed E-state index contributed by atoms with van der Waals surface area (Å²) >= 11 is 0. The Labute approximate surface area is 127 Å². The van der Waals surface area contributed by atoms with Crippen molar-refractivity contribution in [3.05, 3.63) is 0 Å². The van der Waals surface area contributed by atoms with Crippen LogP contribution in [0.25, 0.3) is 0 Å². The summed E-state index contributed by atoms with van der Waals surface area (Å²) in [6, 6.07) is 0.817. The Morgan fingerprint density at radius 1 is 1.15 bits per heavy atom. The minimum absolute atomic E-state index is 0.777. The molecule has 3 nitrogen and oxygen atoms in total. The molecule has 1 saturated heterocycles. The highest BCUT2D eigenvalue weighted by molar-refractivity contribution is 4.80. The van der Waals surface area contributed by atoms with Crippen molar-refractivity contribution in [1.82, 2.24) is 15.1 Å². The molecule has 1 heterocycles. The van der Waals surface area contributed by atoms with Gasteiger partial charge in [0.25, 0.3) is 0 Å². The van der Waals surface area contributed by atoms with Crippen LogP contribution >= 0.6 is 0 Å². The van der Waals surface area contributed by atoms with Crippen LogP contribution in [0, 0.1) is 5.92 Å². The second-order valence-electron chi connectivity index (χ2n) is 7.11. The van der Waals surface area contributed by atoms with Gasteiger partial charge in [0, 0.05) is 12.6 Å². The molecule has 0 aromatic carbocycles. The SMILES string of the molecule is CC(C)CNCCCCCCN1CCCC1CN(C)C. The molecule has 20 heavy (non-hydrogen) atoms. The van der Waals surface area contributed by atoms with Crippen molar-refractivity contribution in [2.24, 2.45) is 5.92 Å². The molecular weight excluding hydrogens is 246 g/mol. The van der Waals surface area contributed by atoms with Gasteiger partial charge in [-0.1, -0.05) is 26.7 Å². The summed E-state index contributed by atoms with van der Waals surface area (Å²) in [7, 11) is 4.39. The van der Waals surface area contributed by atoms with Crippen molar-refractivity contribution >= 4 is 0 Å². The number of hydrogen-bond donors (Lipinski definition) is 1. The zero-order valence-corrected chi connectivity index (χ0v) is 14.3. The largest absolute Gasteiger partial charge is 0.316 e. The van der Waals surface area contributed by atoms with Gasteiger partial charge in [-0.15, -0.1) is 0 Å². The first-order valence-electron chi connectivity index (χ1n) is 8.69. The molecule has 1 rings (SSSR count). The average Bonchev–Trinajstić information content (AvgIpc) is 2.79. The minimum atomic E-state index is 0.777. The van der Waals surface area contributed by atoms with Gasteiger partial charge in [-0.05, 0) is 71.9 Å². The van der Waals surface area contributed by atoms with Crippen LogP contribution in [0.5, 0.6) is 0 Å². The number of nitrogens with one attached hydrogen (secondary N) is 1. The molecule has 0 aliphatic carbocycles. The van der Waals surface area contributed by atoms with Gasteiger partial charge in [0.05, 0.1) is 0 Å². The van der Waals surface area contributed by atoms with Crippen molar-refractivity contribution in [2.45, 2.75) is 58.4 Å². The van der Waals surface area contributed by atoms with Gasteiger partial charge >= 0.3 is 0 Å². The van der Waals surface area contributed by atoms with E-state index >= 15 is 0 Å². The number of likely N-dealkylation sites (N-methyl/N-ethyl adjacent to an activating group) is 1. The third-order valence-electron chi connectivity index (χ3n) is 4.18. The van der Waals surface area contributed by atoms with Crippen molar-refractivity contribution in [2.75, 3.05) is 46.8 Å². The molecule has 0 saturated carbocycles. The summed E-state index contributed by atoms with van der Waals surface area (Å²) < 4.78 is 0. The average molecular weight is 284 g/mol. The fraction of sp³-hybridized carbons (Fsp3) is 1.00. The third kappa shape index (κ3) is 8.23. The zero-order valence-electron chi connectivity index (χ0n) is 14.3. The first-order valence-corrected chi connectivity index (χ1v) is 8.69. The molecule has 1 unspecified atom stereocenters. The molecule has 1 aliphatic rings. The summed E-state index contributed by atoms with van der Waals surface area (Å²) in [5.41, 5.74) is 0. The van der Waals surface area contributed by atoms with Crippen molar-refractivity contribution in [3.63, 3.8) is 0 Å². The van der Waals surface area contributed by atoms with E-state index < -0.39 is 0 Å². The number of hydrogen-bond acceptors (Lipinski definition) is 3. The lowest BCUT2D eigenvalue weighted by molar-refractivity contribution is 0.204. The molecule has 0 spiro atoms. The van der Waals surface area contributed by atoms with E-state index in [0.29, 0.717) is 0 Å². The van der Waals surface area contributed by atoms with E-state index in [0.717, 1.165) is 12.0 Å². The maximum atomic E-state index is 3.53. The lowest BCUT2D eigenvalue weighted by Gasteiger charge is -2.26. The Bertz CT molecular complexity index is 228. The van der Waals surface area contributed by atoms with Crippen molar-refractivity contribution in [1.29, 1.82) is 0 Å². The molecule has 3 heteroatoms. The van der Waals surface area contributed by atoms with Gasteiger partial charge in [0.2, 0.25) is 0 Å². The summed E-state index contributed by atoms with van der Waals surface area (Å²) in [4.78, 5) is 5.06. The second kappa shape index (κ2) is 10.6. The number of likely N-dealkylation sites (tertiary alicyclic amines) is 1. The van der Waals surface area contributed by atoms with E-state index in [1.165, 1.54) is 71.2 Å². The number of rotatable bonds is 11. The summed E-state index contributed by atoms with van der Waals surface area (Å²) in [6.45, 7) is 10.8. The standard InChI is InChI=1S/C17H37N3/c1-16(2)14-18-11-7-5-6-8-12-20-13-9-10-17(20)15-19(3)4/h16-18H,5-15H2,1-4H3. The fourth-order valence-corrected chi connectivity index (χ4v) is 3.13. The molecule has 1 fully saturated rings. The van der Waals surface area contributed by atoms with Crippen molar-refractivity contribution < 1.29 is 0 Å². The highest BCUT2D eigenvalue weighted by Gasteiger charge is 2.23. The molecule has 0 radical (unpaired) electrons. The lowest BCUT2D eigenvalue weighted by atomic mass is 10.1. The van der Waals surface area contributed by atoms with Crippen LogP contribution in [0.15, 0.2) is 0 Å².